The number of aromatic nitrogens is 2. The van der Waals surface area contributed by atoms with Crippen LogP contribution in [0.2, 0.25) is 0 Å². The summed E-state index contributed by atoms with van der Waals surface area (Å²) in [6.07, 6.45) is 1.04. The Labute approximate surface area is 207 Å². The number of para-hydroxylation sites is 2. The number of aryl methyl sites for hydroxylation is 1. The van der Waals surface area contributed by atoms with E-state index in [1.54, 1.807) is 38.6 Å². The van der Waals surface area contributed by atoms with Gasteiger partial charge < -0.3 is 24.0 Å². The SMILES string of the molecule is O=C(COc1ccc2nc3n(c(=O)c2c1)CCC3)N1CCN(C(=O)[C@@H]2COc3ccccc3O2)CC1. The lowest BCUT2D eigenvalue weighted by atomic mass is 10.2. The zero-order valence-corrected chi connectivity index (χ0v) is 19.7. The van der Waals surface area contributed by atoms with E-state index in [9.17, 15) is 14.4 Å². The van der Waals surface area contributed by atoms with Crippen molar-refractivity contribution in [1.29, 1.82) is 0 Å². The normalized spacial score (nSPS) is 18.7. The fraction of sp³-hybridized carbons (Fsp3) is 0.385. The van der Waals surface area contributed by atoms with Crippen molar-refractivity contribution in [3.8, 4) is 17.2 Å². The molecule has 3 aliphatic rings. The molecule has 0 bridgehead atoms. The highest BCUT2D eigenvalue weighted by Crippen LogP contribution is 2.31. The molecule has 6 rings (SSSR count). The number of ether oxygens (including phenoxy) is 3. The molecule has 1 fully saturated rings. The first kappa shape index (κ1) is 22.4. The van der Waals surface area contributed by atoms with Gasteiger partial charge >= 0.3 is 0 Å². The van der Waals surface area contributed by atoms with E-state index in [2.05, 4.69) is 4.98 Å². The molecule has 36 heavy (non-hydrogen) atoms. The first-order chi connectivity index (χ1) is 17.6. The number of carbonyl (C=O) groups is 2. The average molecular weight is 491 g/mol. The van der Waals surface area contributed by atoms with Crippen molar-refractivity contribution in [1.82, 2.24) is 19.4 Å². The average Bonchev–Trinajstić information content (AvgIpc) is 3.40. The molecule has 1 atom stereocenters. The van der Waals surface area contributed by atoms with Crippen molar-refractivity contribution in [2.45, 2.75) is 25.5 Å². The number of fused-ring (bicyclic) bond motifs is 3. The molecule has 0 radical (unpaired) electrons. The number of hydrogen-bond acceptors (Lipinski definition) is 7. The van der Waals surface area contributed by atoms with Gasteiger partial charge in [-0.1, -0.05) is 12.1 Å². The first-order valence-corrected chi connectivity index (χ1v) is 12.2. The lowest BCUT2D eigenvalue weighted by Gasteiger charge is -2.37. The van der Waals surface area contributed by atoms with Gasteiger partial charge in [0.15, 0.2) is 18.1 Å². The van der Waals surface area contributed by atoms with Crippen LogP contribution in [0.4, 0.5) is 0 Å². The summed E-state index contributed by atoms with van der Waals surface area (Å²) in [7, 11) is 0. The molecule has 4 heterocycles. The van der Waals surface area contributed by atoms with Crippen molar-refractivity contribution >= 4 is 22.7 Å². The fourth-order valence-corrected chi connectivity index (χ4v) is 4.91. The quantitative estimate of drug-likeness (QED) is 0.542. The predicted octanol–water partition coefficient (Wildman–Crippen LogP) is 1.23. The topological polar surface area (TPSA) is 103 Å². The second-order valence-electron chi connectivity index (χ2n) is 9.13. The highest BCUT2D eigenvalue weighted by molar-refractivity contribution is 5.83. The Bertz CT molecular complexity index is 1390. The minimum Gasteiger partial charge on any atom is -0.485 e. The molecule has 0 N–H and O–H groups in total. The molecule has 10 nitrogen and oxygen atoms in total. The van der Waals surface area contributed by atoms with Crippen LogP contribution in [0.15, 0.2) is 47.3 Å². The van der Waals surface area contributed by atoms with Gasteiger partial charge in [0.25, 0.3) is 17.4 Å². The number of benzene rings is 2. The van der Waals surface area contributed by atoms with E-state index in [1.165, 1.54) is 0 Å². The number of nitrogens with zero attached hydrogens (tertiary/aromatic N) is 4. The molecule has 0 aliphatic carbocycles. The number of amides is 2. The summed E-state index contributed by atoms with van der Waals surface area (Å²) in [6, 6.07) is 12.4. The summed E-state index contributed by atoms with van der Waals surface area (Å²) >= 11 is 0. The minimum atomic E-state index is -0.696. The number of carbonyl (C=O) groups excluding carboxylic acids is 2. The summed E-state index contributed by atoms with van der Waals surface area (Å²) in [5, 5.41) is 0.495. The van der Waals surface area contributed by atoms with E-state index < -0.39 is 6.10 Å². The molecule has 1 aromatic heterocycles. The van der Waals surface area contributed by atoms with Crippen LogP contribution in [0.1, 0.15) is 12.2 Å². The summed E-state index contributed by atoms with van der Waals surface area (Å²) in [6.45, 7) is 2.35. The number of hydrogen-bond donors (Lipinski definition) is 0. The number of rotatable bonds is 4. The Kier molecular flexibility index (Phi) is 5.71. The van der Waals surface area contributed by atoms with Crippen LogP contribution in [0.5, 0.6) is 17.2 Å². The third kappa shape index (κ3) is 4.12. The van der Waals surface area contributed by atoms with E-state index in [1.807, 2.05) is 18.2 Å². The Morgan fingerprint density at radius 2 is 1.78 bits per heavy atom. The van der Waals surface area contributed by atoms with Gasteiger partial charge in [-0.25, -0.2) is 4.98 Å². The van der Waals surface area contributed by atoms with Gasteiger partial charge in [-0.05, 0) is 36.8 Å². The van der Waals surface area contributed by atoms with Gasteiger partial charge in [0.1, 0.15) is 18.2 Å². The molecule has 0 unspecified atom stereocenters. The second-order valence-corrected chi connectivity index (χ2v) is 9.13. The van der Waals surface area contributed by atoms with E-state index in [0.717, 1.165) is 18.7 Å². The van der Waals surface area contributed by atoms with Crippen molar-refractivity contribution in [3.63, 3.8) is 0 Å². The van der Waals surface area contributed by atoms with Crippen LogP contribution in [0, 0.1) is 0 Å². The Morgan fingerprint density at radius 3 is 2.61 bits per heavy atom. The van der Waals surface area contributed by atoms with Gasteiger partial charge in [0.05, 0.1) is 10.9 Å². The largest absolute Gasteiger partial charge is 0.485 e. The molecule has 1 saturated heterocycles. The van der Waals surface area contributed by atoms with E-state index >= 15 is 0 Å². The molecule has 2 aromatic carbocycles. The summed E-state index contributed by atoms with van der Waals surface area (Å²) < 4.78 is 18.9. The highest BCUT2D eigenvalue weighted by atomic mass is 16.6. The molecule has 0 spiro atoms. The highest BCUT2D eigenvalue weighted by Gasteiger charge is 2.33. The maximum atomic E-state index is 12.9. The van der Waals surface area contributed by atoms with E-state index in [-0.39, 0.29) is 30.6 Å². The van der Waals surface area contributed by atoms with Crippen LogP contribution < -0.4 is 19.8 Å². The molecule has 0 saturated carbocycles. The second kappa shape index (κ2) is 9.18. The van der Waals surface area contributed by atoms with Crippen LogP contribution in [-0.2, 0) is 22.6 Å². The molecule has 3 aromatic rings. The molecule has 186 valence electrons. The summed E-state index contributed by atoms with van der Waals surface area (Å²) in [4.78, 5) is 46.4. The van der Waals surface area contributed by atoms with Crippen molar-refractivity contribution in [2.75, 3.05) is 39.4 Å². The molecular weight excluding hydrogens is 464 g/mol. The Hall–Kier alpha value is -4.08. The standard InChI is InChI=1S/C26H26N4O6/c31-24(16-34-17-7-8-19-18(14-17)25(32)30-9-3-6-23(30)27-19)28-10-12-29(13-11-28)26(33)22-15-35-20-4-1-2-5-21(20)36-22/h1-2,4-5,7-8,14,22H,3,6,9-13,15-16H2/t22-/m0/s1. The van der Waals surface area contributed by atoms with Crippen LogP contribution in [0.25, 0.3) is 10.9 Å². The zero-order valence-electron chi connectivity index (χ0n) is 19.7. The molecular formula is C26H26N4O6. The maximum Gasteiger partial charge on any atom is 0.267 e. The maximum absolute atomic E-state index is 12.9. The Balaban J connectivity index is 1.03. The van der Waals surface area contributed by atoms with E-state index in [4.69, 9.17) is 14.2 Å². The van der Waals surface area contributed by atoms with Crippen molar-refractivity contribution < 1.29 is 23.8 Å². The van der Waals surface area contributed by atoms with Crippen LogP contribution in [-0.4, -0.2) is 76.7 Å². The lowest BCUT2D eigenvalue weighted by molar-refractivity contribution is -0.146. The van der Waals surface area contributed by atoms with Gasteiger partial charge in [0.2, 0.25) is 6.10 Å². The summed E-state index contributed by atoms with van der Waals surface area (Å²) in [5.41, 5.74) is 0.573. The predicted molar refractivity (Wildman–Crippen MR) is 129 cm³/mol. The van der Waals surface area contributed by atoms with Crippen molar-refractivity contribution in [2.24, 2.45) is 0 Å². The van der Waals surface area contributed by atoms with Crippen molar-refractivity contribution in [3.05, 3.63) is 58.6 Å². The third-order valence-corrected chi connectivity index (χ3v) is 6.88. The smallest absolute Gasteiger partial charge is 0.267 e. The van der Waals surface area contributed by atoms with Gasteiger partial charge in [-0.3, -0.25) is 19.0 Å². The van der Waals surface area contributed by atoms with Gasteiger partial charge in [-0.15, -0.1) is 0 Å². The molecule has 2 amide bonds. The number of piperazine rings is 1. The molecule has 10 heteroatoms. The summed E-state index contributed by atoms with van der Waals surface area (Å²) in [5.74, 6) is 2.16. The molecule has 3 aliphatic heterocycles. The minimum absolute atomic E-state index is 0.0686. The van der Waals surface area contributed by atoms with Crippen LogP contribution >= 0.6 is 0 Å². The van der Waals surface area contributed by atoms with Gasteiger partial charge in [-0.2, -0.15) is 0 Å². The Morgan fingerprint density at radius 1 is 1.00 bits per heavy atom. The fourth-order valence-electron chi connectivity index (χ4n) is 4.91. The lowest BCUT2D eigenvalue weighted by Crippen LogP contribution is -2.55. The van der Waals surface area contributed by atoms with Crippen LogP contribution in [0.3, 0.4) is 0 Å². The first-order valence-electron chi connectivity index (χ1n) is 12.2. The third-order valence-electron chi connectivity index (χ3n) is 6.88. The zero-order chi connectivity index (χ0) is 24.6. The van der Waals surface area contributed by atoms with Gasteiger partial charge in [0, 0.05) is 39.1 Å². The monoisotopic (exact) mass is 490 g/mol. The van der Waals surface area contributed by atoms with E-state index in [0.29, 0.717) is 60.9 Å².